The first kappa shape index (κ1) is 24.2. The Bertz CT molecular complexity index is 1360. The van der Waals surface area contributed by atoms with E-state index < -0.39 is 17.7 Å². The van der Waals surface area contributed by atoms with Crippen LogP contribution in [0, 0.1) is 17.6 Å². The van der Waals surface area contributed by atoms with Crippen LogP contribution in [0.2, 0.25) is 0 Å². The molecule has 0 spiro atoms. The lowest BCUT2D eigenvalue weighted by Gasteiger charge is -2.36. The third kappa shape index (κ3) is 4.55. The van der Waals surface area contributed by atoms with Crippen molar-refractivity contribution in [2.45, 2.75) is 44.2 Å². The molecule has 1 saturated carbocycles. The molecule has 8 nitrogen and oxygen atoms in total. The van der Waals surface area contributed by atoms with Gasteiger partial charge in [-0.3, -0.25) is 4.98 Å². The van der Waals surface area contributed by atoms with E-state index >= 15 is 0 Å². The fraction of sp³-hybridized carbons (Fsp3) is 0.346. The number of nitrogens with two attached hydrogens (primary N) is 1. The summed E-state index contributed by atoms with van der Waals surface area (Å²) in [5, 5.41) is 27.1. The molecule has 36 heavy (non-hydrogen) atoms. The van der Waals surface area contributed by atoms with Gasteiger partial charge in [-0.25, -0.2) is 13.8 Å². The number of halogens is 2. The Morgan fingerprint density at radius 3 is 2.64 bits per heavy atom. The second kappa shape index (κ2) is 9.88. The predicted octanol–water partition coefficient (Wildman–Crippen LogP) is 3.55. The lowest BCUT2D eigenvalue weighted by atomic mass is 9.74. The summed E-state index contributed by atoms with van der Waals surface area (Å²) in [4.78, 5) is 8.67. The minimum Gasteiger partial charge on any atom is -0.396 e. The number of hydrogen-bond donors (Lipinski definition) is 4. The highest BCUT2D eigenvalue weighted by Crippen LogP contribution is 2.39. The van der Waals surface area contributed by atoms with Crippen LogP contribution in [0.4, 0.5) is 20.4 Å². The van der Waals surface area contributed by atoms with Crippen molar-refractivity contribution in [3.8, 4) is 11.3 Å². The van der Waals surface area contributed by atoms with E-state index in [1.165, 1.54) is 16.6 Å². The van der Waals surface area contributed by atoms with E-state index in [9.17, 15) is 13.9 Å². The lowest BCUT2D eigenvalue weighted by Crippen LogP contribution is -2.44. The molecule has 1 aromatic carbocycles. The third-order valence-corrected chi connectivity index (χ3v) is 6.92. The number of nitrogens with one attached hydrogen (secondary N) is 1. The van der Waals surface area contributed by atoms with Gasteiger partial charge in [-0.2, -0.15) is 9.61 Å². The number of aromatic nitrogens is 4. The topological polar surface area (TPSA) is 122 Å². The van der Waals surface area contributed by atoms with Crippen molar-refractivity contribution in [1.82, 2.24) is 19.6 Å². The summed E-state index contributed by atoms with van der Waals surface area (Å²) in [7, 11) is 0. The highest BCUT2D eigenvalue weighted by Gasteiger charge is 2.34. The van der Waals surface area contributed by atoms with Gasteiger partial charge in [0.15, 0.2) is 0 Å². The van der Waals surface area contributed by atoms with Crippen molar-refractivity contribution in [2.24, 2.45) is 11.7 Å². The van der Waals surface area contributed by atoms with Crippen LogP contribution in [0.5, 0.6) is 0 Å². The largest absolute Gasteiger partial charge is 0.396 e. The summed E-state index contributed by atoms with van der Waals surface area (Å²) in [6.45, 7) is 1.79. The number of imidazole rings is 1. The maximum atomic E-state index is 14.8. The molecule has 0 unspecified atom stereocenters. The summed E-state index contributed by atoms with van der Waals surface area (Å²) in [5.74, 6) is -0.949. The molecular formula is C26H28F2N6O2. The third-order valence-electron chi connectivity index (χ3n) is 6.92. The van der Waals surface area contributed by atoms with Gasteiger partial charge in [0.1, 0.15) is 11.6 Å². The maximum absolute atomic E-state index is 14.8. The first-order valence-electron chi connectivity index (χ1n) is 11.9. The molecule has 188 valence electrons. The van der Waals surface area contributed by atoms with Crippen molar-refractivity contribution in [3.63, 3.8) is 0 Å². The molecule has 1 fully saturated rings. The summed E-state index contributed by atoms with van der Waals surface area (Å²) < 4.78 is 31.1. The van der Waals surface area contributed by atoms with E-state index in [-0.39, 0.29) is 42.2 Å². The number of nitrogens with zero attached hydrogens (tertiary/aromatic N) is 4. The van der Waals surface area contributed by atoms with Crippen LogP contribution in [-0.4, -0.2) is 48.5 Å². The normalized spacial score (nSPS) is 22.2. The van der Waals surface area contributed by atoms with E-state index in [4.69, 9.17) is 10.8 Å². The zero-order valence-electron chi connectivity index (χ0n) is 19.8. The smallest absolute Gasteiger partial charge is 0.229 e. The number of fused-ring (bicyclic) bond motifs is 1. The van der Waals surface area contributed by atoms with E-state index in [0.717, 1.165) is 17.7 Å². The van der Waals surface area contributed by atoms with Gasteiger partial charge >= 0.3 is 0 Å². The van der Waals surface area contributed by atoms with Crippen molar-refractivity contribution < 1.29 is 19.0 Å². The Kier molecular flexibility index (Phi) is 6.65. The number of pyridine rings is 1. The Hall–Kier alpha value is -3.47. The van der Waals surface area contributed by atoms with Crippen LogP contribution in [0.1, 0.15) is 36.8 Å². The molecule has 0 aliphatic heterocycles. The minimum atomic E-state index is -0.751. The fourth-order valence-corrected chi connectivity index (χ4v) is 5.06. The van der Waals surface area contributed by atoms with Crippen molar-refractivity contribution in [2.75, 3.05) is 11.9 Å². The number of rotatable bonds is 6. The zero-order valence-corrected chi connectivity index (χ0v) is 19.8. The molecule has 5 N–H and O–H groups in total. The Morgan fingerprint density at radius 2 is 1.92 bits per heavy atom. The Balaban J connectivity index is 1.49. The summed E-state index contributed by atoms with van der Waals surface area (Å²) in [6.07, 6.45) is 6.07. The second-order valence-corrected chi connectivity index (χ2v) is 9.43. The number of hydrogen-bond acceptors (Lipinski definition) is 7. The first-order chi connectivity index (χ1) is 17.4. The Morgan fingerprint density at radius 1 is 1.14 bits per heavy atom. The van der Waals surface area contributed by atoms with Crippen molar-refractivity contribution in [3.05, 3.63) is 71.7 Å². The van der Waals surface area contributed by atoms with Gasteiger partial charge < -0.3 is 21.3 Å². The van der Waals surface area contributed by atoms with E-state index in [2.05, 4.69) is 20.4 Å². The van der Waals surface area contributed by atoms with Gasteiger partial charge in [-0.1, -0.05) is 6.92 Å². The van der Waals surface area contributed by atoms with Crippen LogP contribution < -0.4 is 11.1 Å². The molecule has 3 heterocycles. The monoisotopic (exact) mass is 494 g/mol. The molecule has 0 bridgehead atoms. The van der Waals surface area contributed by atoms with Gasteiger partial charge in [-0.05, 0) is 72.6 Å². The summed E-state index contributed by atoms with van der Waals surface area (Å²) in [6, 6.07) is 7.26. The van der Waals surface area contributed by atoms with Crippen LogP contribution in [0.15, 0.2) is 48.9 Å². The van der Waals surface area contributed by atoms with Gasteiger partial charge in [-0.15, -0.1) is 0 Å². The molecule has 0 saturated heterocycles. The van der Waals surface area contributed by atoms with Crippen LogP contribution in [-0.2, 0) is 6.42 Å². The second-order valence-electron chi connectivity index (χ2n) is 9.43. The zero-order chi connectivity index (χ0) is 25.4. The maximum Gasteiger partial charge on any atom is 0.229 e. The van der Waals surface area contributed by atoms with Crippen molar-refractivity contribution >= 4 is 17.2 Å². The van der Waals surface area contributed by atoms with Crippen LogP contribution in [0.25, 0.3) is 16.8 Å². The molecular weight excluding hydrogens is 466 g/mol. The quantitative estimate of drug-likeness (QED) is 0.323. The highest BCUT2D eigenvalue weighted by molar-refractivity contribution is 5.66. The standard InChI is InChI=1S/C26H28F2N6O2/c1-14-8-16(11-21(29)25(14)36)18-4-6-30-13-23(18)32-26-31-12-17-2-3-22(33-34(17)26)24-19(27)9-15(5-7-35)10-20(24)28/h2-4,6,9-10,12-14,16,21,25,35-36H,5,7-8,11,29H2,1H3,(H,31,32)/t14-,16+,21+,25-/m0/s1. The van der Waals surface area contributed by atoms with Gasteiger partial charge in [0.05, 0.1) is 41.0 Å². The molecule has 5 rings (SSSR count). The van der Waals surface area contributed by atoms with Gasteiger partial charge in [0, 0.05) is 18.8 Å². The average Bonchev–Trinajstić information content (AvgIpc) is 3.24. The van der Waals surface area contributed by atoms with E-state index in [1.807, 2.05) is 13.0 Å². The highest BCUT2D eigenvalue weighted by atomic mass is 19.1. The summed E-state index contributed by atoms with van der Waals surface area (Å²) >= 11 is 0. The summed E-state index contributed by atoms with van der Waals surface area (Å²) in [5.41, 5.74) is 8.80. The minimum absolute atomic E-state index is 0.0600. The molecule has 4 atom stereocenters. The SMILES string of the molecule is C[C@H]1C[C@@H](c2ccncc2Nc2ncc3ccc(-c4c(F)cc(CCO)cc4F)nn23)C[C@@H](N)[C@H]1O. The number of aliphatic hydroxyl groups is 2. The number of benzene rings is 1. The molecule has 1 aliphatic rings. The average molecular weight is 495 g/mol. The number of aliphatic hydroxyl groups excluding tert-OH is 2. The molecule has 10 heteroatoms. The molecule has 0 amide bonds. The van der Waals surface area contributed by atoms with Crippen LogP contribution in [0.3, 0.4) is 0 Å². The van der Waals surface area contributed by atoms with Crippen molar-refractivity contribution in [1.29, 1.82) is 0 Å². The lowest BCUT2D eigenvalue weighted by molar-refractivity contribution is 0.0521. The van der Waals surface area contributed by atoms with Crippen LogP contribution >= 0.6 is 0 Å². The van der Waals surface area contributed by atoms with E-state index in [0.29, 0.717) is 23.4 Å². The van der Waals surface area contributed by atoms with E-state index in [1.54, 1.807) is 30.7 Å². The first-order valence-corrected chi connectivity index (χ1v) is 11.9. The molecule has 0 radical (unpaired) electrons. The Labute approximate surface area is 206 Å². The fourth-order valence-electron chi connectivity index (χ4n) is 5.06. The number of anilines is 2. The molecule has 1 aliphatic carbocycles. The molecule has 4 aromatic rings. The van der Waals surface area contributed by atoms with Gasteiger partial charge in [0.25, 0.3) is 0 Å². The predicted molar refractivity (Wildman–Crippen MR) is 132 cm³/mol. The molecule has 3 aromatic heterocycles. The van der Waals surface area contributed by atoms with Gasteiger partial charge in [0.2, 0.25) is 5.95 Å².